The fourth-order valence-electron chi connectivity index (χ4n) is 2.49. The first-order valence-electron chi connectivity index (χ1n) is 7.21. The lowest BCUT2D eigenvalue weighted by atomic mass is 10.1. The van der Waals surface area contributed by atoms with Gasteiger partial charge in [-0.3, -0.25) is 0 Å². The van der Waals surface area contributed by atoms with Gasteiger partial charge in [0.25, 0.3) is 0 Å². The third-order valence-corrected chi connectivity index (χ3v) is 3.54. The molecule has 0 N–H and O–H groups in total. The summed E-state index contributed by atoms with van der Waals surface area (Å²) in [6.07, 6.45) is 3.27. The monoisotopic (exact) mass is 328 g/mol. The van der Waals surface area contributed by atoms with Crippen LogP contribution in [0.5, 0.6) is 0 Å². The molecule has 0 saturated carbocycles. The number of imidazole rings is 1. The summed E-state index contributed by atoms with van der Waals surface area (Å²) in [5, 5.41) is 0. The largest absolute Gasteiger partial charge is 0.465 e. The number of nitrogens with zero attached hydrogens (tertiary/aromatic N) is 2. The van der Waals surface area contributed by atoms with Crippen molar-refractivity contribution in [1.82, 2.24) is 9.55 Å². The molecule has 0 bridgehead atoms. The Morgan fingerprint density at radius 3 is 2.62 bits per heavy atom. The lowest BCUT2D eigenvalue weighted by Crippen LogP contribution is -2.05. The van der Waals surface area contributed by atoms with Gasteiger partial charge in [-0.05, 0) is 29.8 Å². The average Bonchev–Trinajstić information content (AvgIpc) is 3.01. The molecule has 0 aliphatic heterocycles. The molecular weight excluding hydrogens is 314 g/mol. The molecule has 0 radical (unpaired) electrons. The number of benzene rings is 2. The van der Waals surface area contributed by atoms with Crippen molar-refractivity contribution in [3.05, 3.63) is 77.6 Å². The number of carbonyl (C=O) groups excluding carboxylic acids is 1. The van der Waals surface area contributed by atoms with Gasteiger partial charge in [0.2, 0.25) is 0 Å². The van der Waals surface area contributed by atoms with Gasteiger partial charge in [-0.2, -0.15) is 0 Å². The predicted molar refractivity (Wildman–Crippen MR) is 84.5 cm³/mol. The van der Waals surface area contributed by atoms with Crippen molar-refractivity contribution in [2.45, 2.75) is 6.54 Å². The van der Waals surface area contributed by atoms with Crippen LogP contribution in [0.4, 0.5) is 8.78 Å². The van der Waals surface area contributed by atoms with Crippen molar-refractivity contribution in [2.24, 2.45) is 0 Å². The fourth-order valence-corrected chi connectivity index (χ4v) is 2.49. The summed E-state index contributed by atoms with van der Waals surface area (Å²) < 4.78 is 33.3. The molecule has 1 aromatic heterocycles. The van der Waals surface area contributed by atoms with Gasteiger partial charge < -0.3 is 9.30 Å². The Morgan fingerprint density at radius 2 is 1.92 bits per heavy atom. The zero-order valence-corrected chi connectivity index (χ0v) is 12.9. The van der Waals surface area contributed by atoms with Crippen molar-refractivity contribution >= 4 is 5.97 Å². The van der Waals surface area contributed by atoms with E-state index in [0.29, 0.717) is 23.5 Å². The minimum Gasteiger partial charge on any atom is -0.465 e. The van der Waals surface area contributed by atoms with Gasteiger partial charge in [-0.15, -0.1) is 0 Å². The second kappa shape index (κ2) is 6.62. The summed E-state index contributed by atoms with van der Waals surface area (Å²) in [5.74, 6) is -1.30. The Balaban J connectivity index is 1.93. The minimum atomic E-state index is -0.660. The van der Waals surface area contributed by atoms with Crippen molar-refractivity contribution in [3.8, 4) is 11.4 Å². The number of carbonyl (C=O) groups is 1. The van der Waals surface area contributed by atoms with Gasteiger partial charge in [-0.1, -0.05) is 12.1 Å². The van der Waals surface area contributed by atoms with Crippen LogP contribution in [0.2, 0.25) is 0 Å². The van der Waals surface area contributed by atoms with Crippen LogP contribution in [0.25, 0.3) is 11.4 Å². The fraction of sp³-hybridized carbons (Fsp3) is 0.111. The first-order chi connectivity index (χ1) is 11.6. The molecule has 6 heteroatoms. The van der Waals surface area contributed by atoms with E-state index in [1.165, 1.54) is 19.2 Å². The number of aromatic nitrogens is 2. The van der Waals surface area contributed by atoms with Gasteiger partial charge in [-0.25, -0.2) is 18.6 Å². The molecule has 0 spiro atoms. The smallest absolute Gasteiger partial charge is 0.337 e. The van der Waals surface area contributed by atoms with Crippen LogP contribution in [-0.2, 0) is 11.3 Å². The van der Waals surface area contributed by atoms with E-state index < -0.39 is 17.6 Å². The highest BCUT2D eigenvalue weighted by Crippen LogP contribution is 2.21. The summed E-state index contributed by atoms with van der Waals surface area (Å²) in [6, 6.07) is 10.2. The first-order valence-corrected chi connectivity index (χ1v) is 7.21. The molecule has 4 nitrogen and oxygen atoms in total. The first kappa shape index (κ1) is 15.9. The molecule has 0 aliphatic rings. The molecule has 3 aromatic rings. The second-order valence-electron chi connectivity index (χ2n) is 5.23. The maximum absolute atomic E-state index is 13.4. The number of ether oxygens (including phenoxy) is 1. The van der Waals surface area contributed by atoms with Crippen LogP contribution >= 0.6 is 0 Å². The maximum atomic E-state index is 13.4. The number of halogens is 2. The van der Waals surface area contributed by atoms with Crippen LogP contribution < -0.4 is 0 Å². The molecule has 0 saturated heterocycles. The van der Waals surface area contributed by atoms with E-state index in [1.807, 2.05) is 6.07 Å². The van der Waals surface area contributed by atoms with E-state index in [0.717, 1.165) is 11.6 Å². The number of rotatable bonds is 4. The molecule has 1 heterocycles. The van der Waals surface area contributed by atoms with Crippen molar-refractivity contribution in [3.63, 3.8) is 0 Å². The molecule has 0 unspecified atom stereocenters. The summed E-state index contributed by atoms with van der Waals surface area (Å²) in [6.45, 7) is 0.401. The third kappa shape index (κ3) is 3.32. The Hall–Kier alpha value is -3.02. The highest BCUT2D eigenvalue weighted by molar-refractivity contribution is 5.89. The normalized spacial score (nSPS) is 10.6. The van der Waals surface area contributed by atoms with E-state index in [1.54, 1.807) is 35.2 Å². The summed E-state index contributed by atoms with van der Waals surface area (Å²) in [5.41, 5.74) is 1.63. The molecule has 122 valence electrons. The quantitative estimate of drug-likeness (QED) is 0.687. The summed E-state index contributed by atoms with van der Waals surface area (Å²) in [7, 11) is 1.32. The van der Waals surface area contributed by atoms with E-state index in [2.05, 4.69) is 4.98 Å². The number of hydrogen-bond donors (Lipinski definition) is 0. The average molecular weight is 328 g/mol. The maximum Gasteiger partial charge on any atom is 0.337 e. The summed E-state index contributed by atoms with van der Waals surface area (Å²) >= 11 is 0. The molecule has 0 aliphatic carbocycles. The van der Waals surface area contributed by atoms with Crippen LogP contribution in [0.15, 0.2) is 54.9 Å². The Morgan fingerprint density at radius 1 is 1.17 bits per heavy atom. The van der Waals surface area contributed by atoms with Gasteiger partial charge in [0.1, 0.15) is 17.5 Å². The molecule has 0 atom stereocenters. The van der Waals surface area contributed by atoms with Crippen LogP contribution in [0.1, 0.15) is 15.9 Å². The zero-order valence-electron chi connectivity index (χ0n) is 12.9. The molecular formula is C18H14F2N2O2. The Labute approximate surface area is 137 Å². The zero-order chi connectivity index (χ0) is 17.1. The highest BCUT2D eigenvalue weighted by Gasteiger charge is 2.11. The van der Waals surface area contributed by atoms with Gasteiger partial charge in [0.15, 0.2) is 0 Å². The molecule has 3 rings (SSSR count). The minimum absolute atomic E-state index is 0.349. The summed E-state index contributed by atoms with van der Waals surface area (Å²) in [4.78, 5) is 15.8. The van der Waals surface area contributed by atoms with E-state index in [9.17, 15) is 13.6 Å². The van der Waals surface area contributed by atoms with E-state index >= 15 is 0 Å². The van der Waals surface area contributed by atoms with E-state index in [4.69, 9.17) is 4.74 Å². The number of esters is 1. The number of hydrogen-bond acceptors (Lipinski definition) is 3. The predicted octanol–water partition coefficient (Wildman–Crippen LogP) is 3.66. The molecule has 24 heavy (non-hydrogen) atoms. The Bertz CT molecular complexity index is 870. The van der Waals surface area contributed by atoms with Crippen molar-refractivity contribution < 1.29 is 18.3 Å². The standard InChI is InChI=1S/C18H14F2N2O2/c1-24-18(23)13-4-2-3-12(7-13)11-22-6-5-21-17(22)14-8-15(19)10-16(20)9-14/h2-10H,11H2,1H3. The lowest BCUT2D eigenvalue weighted by molar-refractivity contribution is 0.0600. The van der Waals surface area contributed by atoms with Gasteiger partial charge in [0.05, 0.1) is 12.7 Å². The third-order valence-electron chi connectivity index (χ3n) is 3.54. The number of methoxy groups -OCH3 is 1. The SMILES string of the molecule is COC(=O)c1cccc(Cn2ccnc2-c2cc(F)cc(F)c2)c1. The van der Waals surface area contributed by atoms with Crippen molar-refractivity contribution in [2.75, 3.05) is 7.11 Å². The lowest BCUT2D eigenvalue weighted by Gasteiger charge is -2.09. The Kier molecular flexibility index (Phi) is 4.37. The van der Waals surface area contributed by atoms with Gasteiger partial charge in [0, 0.05) is 30.6 Å². The van der Waals surface area contributed by atoms with Crippen molar-refractivity contribution in [1.29, 1.82) is 0 Å². The van der Waals surface area contributed by atoms with Crippen LogP contribution in [0.3, 0.4) is 0 Å². The topological polar surface area (TPSA) is 44.1 Å². The van der Waals surface area contributed by atoms with E-state index in [-0.39, 0.29) is 0 Å². The highest BCUT2D eigenvalue weighted by atomic mass is 19.1. The van der Waals surface area contributed by atoms with Crippen LogP contribution in [0, 0.1) is 11.6 Å². The molecule has 2 aromatic carbocycles. The van der Waals surface area contributed by atoms with Gasteiger partial charge >= 0.3 is 5.97 Å². The molecule has 0 amide bonds. The second-order valence-corrected chi connectivity index (χ2v) is 5.23. The van der Waals surface area contributed by atoms with Crippen LogP contribution in [-0.4, -0.2) is 22.6 Å². The molecule has 0 fully saturated rings.